The Labute approximate surface area is 173 Å². The summed E-state index contributed by atoms with van der Waals surface area (Å²) in [5.41, 5.74) is 1.98. The van der Waals surface area contributed by atoms with Crippen LogP contribution >= 0.6 is 23.4 Å². The number of carbonyl (C=O) groups excluding carboxylic acids is 2. The average Bonchev–Trinajstić information content (AvgIpc) is 3.21. The molecule has 1 saturated carbocycles. The van der Waals surface area contributed by atoms with E-state index in [0.717, 1.165) is 25.7 Å². The third-order valence-corrected chi connectivity index (χ3v) is 8.16. The van der Waals surface area contributed by atoms with Crippen LogP contribution in [0.2, 0.25) is 5.02 Å². The quantitative estimate of drug-likeness (QED) is 0.630. The smallest absolute Gasteiger partial charge is 0.296 e. The highest BCUT2D eigenvalue weighted by Gasteiger charge is 2.60. The first kappa shape index (κ1) is 18.1. The fraction of sp³-hybridized carbons (Fsp3) is 0.364. The van der Waals surface area contributed by atoms with Crippen LogP contribution in [-0.4, -0.2) is 33.5 Å². The van der Waals surface area contributed by atoms with E-state index in [0.29, 0.717) is 22.4 Å². The van der Waals surface area contributed by atoms with Crippen molar-refractivity contribution in [1.29, 1.82) is 0 Å². The van der Waals surface area contributed by atoms with Crippen LogP contribution in [-0.2, 0) is 4.79 Å². The van der Waals surface area contributed by atoms with Crippen LogP contribution in [0.15, 0.2) is 54.6 Å². The third-order valence-electron chi connectivity index (χ3n) is 6.29. The van der Waals surface area contributed by atoms with Crippen molar-refractivity contribution in [2.45, 2.75) is 42.5 Å². The summed E-state index contributed by atoms with van der Waals surface area (Å²) in [6.45, 7) is 0. The Morgan fingerprint density at radius 1 is 0.964 bits per heavy atom. The van der Waals surface area contributed by atoms with Gasteiger partial charge in [0, 0.05) is 10.8 Å². The van der Waals surface area contributed by atoms with Gasteiger partial charge in [0.15, 0.2) is 0 Å². The van der Waals surface area contributed by atoms with E-state index in [1.807, 2.05) is 11.0 Å². The molecule has 0 aromatic heterocycles. The molecule has 2 aliphatic heterocycles. The van der Waals surface area contributed by atoms with Crippen LogP contribution in [0, 0.1) is 0 Å². The molecule has 3 fully saturated rings. The Bertz CT molecular complexity index is 910. The zero-order valence-corrected chi connectivity index (χ0v) is 17.0. The molecule has 1 spiro atoms. The number of halogens is 1. The van der Waals surface area contributed by atoms with Gasteiger partial charge >= 0.3 is 6.03 Å². The maximum atomic E-state index is 13.3. The Balaban J connectivity index is 1.38. The number of nitrogens with zero attached hydrogens (tertiary/aromatic N) is 2. The summed E-state index contributed by atoms with van der Waals surface area (Å²) in [5.74, 6) is 1.11. The van der Waals surface area contributed by atoms with Gasteiger partial charge in [0.25, 0.3) is 5.91 Å². The molecule has 5 rings (SSSR count). The van der Waals surface area contributed by atoms with Gasteiger partial charge in [-0.2, -0.15) is 0 Å². The van der Waals surface area contributed by atoms with Crippen molar-refractivity contribution in [3.8, 4) is 0 Å². The summed E-state index contributed by atoms with van der Waals surface area (Å²) in [7, 11) is 0. The molecule has 0 radical (unpaired) electrons. The third kappa shape index (κ3) is 2.75. The van der Waals surface area contributed by atoms with Gasteiger partial charge in [0.1, 0.15) is 6.04 Å². The van der Waals surface area contributed by atoms with Crippen molar-refractivity contribution in [3.05, 3.63) is 65.2 Å². The number of imide groups is 1. The Morgan fingerprint density at radius 2 is 1.64 bits per heavy atom. The number of fused-ring (bicyclic) bond motifs is 2. The molecular weight excluding hydrogens is 392 g/mol. The minimum Gasteiger partial charge on any atom is -0.296 e. The molecule has 144 valence electrons. The molecule has 1 atom stereocenters. The van der Waals surface area contributed by atoms with E-state index in [4.69, 9.17) is 11.6 Å². The van der Waals surface area contributed by atoms with Gasteiger partial charge in [-0.05, 0) is 61.4 Å². The normalized spacial score (nSPS) is 29.6. The highest BCUT2D eigenvalue weighted by atomic mass is 35.5. The summed E-state index contributed by atoms with van der Waals surface area (Å²) in [5, 5.41) is 0.592. The number of rotatable bonds is 2. The van der Waals surface area contributed by atoms with Crippen molar-refractivity contribution in [3.63, 3.8) is 0 Å². The molecule has 4 nitrogen and oxygen atoms in total. The van der Waals surface area contributed by atoms with E-state index in [1.54, 1.807) is 36.0 Å². The topological polar surface area (TPSA) is 40.6 Å². The van der Waals surface area contributed by atoms with Crippen LogP contribution < -0.4 is 4.90 Å². The predicted molar refractivity (Wildman–Crippen MR) is 113 cm³/mol. The van der Waals surface area contributed by atoms with Gasteiger partial charge in [-0.3, -0.25) is 9.69 Å². The number of benzene rings is 2. The van der Waals surface area contributed by atoms with Gasteiger partial charge in [0.05, 0.1) is 10.6 Å². The summed E-state index contributed by atoms with van der Waals surface area (Å²) in [6.07, 6.45) is 3.95. The highest BCUT2D eigenvalue weighted by Crippen LogP contribution is 2.54. The second-order valence-electron chi connectivity index (χ2n) is 7.76. The SMILES string of the molecule is O=C1[C@@H]2CSC3(CCC(c4ccccc4)CC3)N2C(=O)N1c1ccc(Cl)cc1. The van der Waals surface area contributed by atoms with E-state index in [2.05, 4.69) is 24.3 Å². The van der Waals surface area contributed by atoms with Crippen molar-refractivity contribution >= 4 is 41.0 Å². The van der Waals surface area contributed by atoms with Crippen LogP contribution in [0.4, 0.5) is 10.5 Å². The molecule has 2 aromatic carbocycles. The predicted octanol–water partition coefficient (Wildman–Crippen LogP) is 5.28. The zero-order valence-electron chi connectivity index (χ0n) is 15.4. The molecule has 28 heavy (non-hydrogen) atoms. The molecule has 0 N–H and O–H groups in total. The number of anilines is 1. The summed E-state index contributed by atoms with van der Waals surface area (Å²) >= 11 is 7.76. The first-order valence-corrected chi connectivity index (χ1v) is 11.1. The van der Waals surface area contributed by atoms with Crippen molar-refractivity contribution in [2.24, 2.45) is 0 Å². The lowest BCUT2D eigenvalue weighted by Crippen LogP contribution is -2.49. The Hall–Kier alpha value is -1.98. The van der Waals surface area contributed by atoms with Crippen LogP contribution in [0.25, 0.3) is 0 Å². The van der Waals surface area contributed by atoms with Gasteiger partial charge in [0.2, 0.25) is 0 Å². The first-order chi connectivity index (χ1) is 13.6. The number of carbonyl (C=O) groups is 2. The molecule has 0 unspecified atom stereocenters. The van der Waals surface area contributed by atoms with Crippen LogP contribution in [0.5, 0.6) is 0 Å². The van der Waals surface area contributed by atoms with E-state index in [1.165, 1.54) is 10.5 Å². The number of hydrogen-bond acceptors (Lipinski definition) is 3. The highest BCUT2D eigenvalue weighted by molar-refractivity contribution is 8.01. The number of hydrogen-bond donors (Lipinski definition) is 0. The zero-order chi connectivity index (χ0) is 19.3. The monoisotopic (exact) mass is 412 g/mol. The number of thioether (sulfide) groups is 1. The molecule has 3 amide bonds. The fourth-order valence-electron chi connectivity index (χ4n) is 4.84. The minimum absolute atomic E-state index is 0.109. The van der Waals surface area contributed by atoms with Gasteiger partial charge in [-0.1, -0.05) is 41.9 Å². The minimum atomic E-state index is -0.346. The van der Waals surface area contributed by atoms with Gasteiger partial charge in [-0.15, -0.1) is 11.8 Å². The Morgan fingerprint density at radius 3 is 2.32 bits per heavy atom. The lowest BCUT2D eigenvalue weighted by molar-refractivity contribution is -0.119. The molecule has 3 aliphatic rings. The average molecular weight is 413 g/mol. The lowest BCUT2D eigenvalue weighted by Gasteiger charge is -2.42. The number of amides is 3. The van der Waals surface area contributed by atoms with Crippen LogP contribution in [0.3, 0.4) is 0 Å². The maximum Gasteiger partial charge on any atom is 0.333 e. The van der Waals surface area contributed by atoms with E-state index < -0.39 is 0 Å². The van der Waals surface area contributed by atoms with Crippen molar-refractivity contribution in [2.75, 3.05) is 10.7 Å². The first-order valence-electron chi connectivity index (χ1n) is 9.71. The molecule has 2 heterocycles. The molecule has 2 aromatic rings. The molecular formula is C22H21ClN2O2S. The van der Waals surface area contributed by atoms with Crippen molar-refractivity contribution < 1.29 is 9.59 Å². The second-order valence-corrected chi connectivity index (χ2v) is 9.58. The van der Waals surface area contributed by atoms with Gasteiger partial charge < -0.3 is 0 Å². The largest absolute Gasteiger partial charge is 0.333 e. The molecule has 0 bridgehead atoms. The lowest BCUT2D eigenvalue weighted by atomic mass is 9.80. The Kier molecular flexibility index (Phi) is 4.40. The standard InChI is InChI=1S/C22H21ClN2O2S/c23-17-6-8-18(9-7-17)24-20(26)19-14-28-22(25(19)21(24)27)12-10-16(11-13-22)15-4-2-1-3-5-15/h1-9,16,19H,10-14H2/t16?,19-,22?/m0/s1. The van der Waals surface area contributed by atoms with E-state index in [-0.39, 0.29) is 22.9 Å². The molecule has 1 aliphatic carbocycles. The molecule has 2 saturated heterocycles. The van der Waals surface area contributed by atoms with E-state index >= 15 is 0 Å². The molecule has 6 heteroatoms. The van der Waals surface area contributed by atoms with Crippen molar-refractivity contribution in [1.82, 2.24) is 4.90 Å². The summed E-state index contributed by atoms with van der Waals surface area (Å²) in [4.78, 5) is 29.3. The van der Waals surface area contributed by atoms with Gasteiger partial charge in [-0.25, -0.2) is 9.69 Å². The number of urea groups is 1. The summed E-state index contributed by atoms with van der Waals surface area (Å²) in [6, 6.07) is 17.0. The fourth-order valence-corrected chi connectivity index (χ4v) is 6.60. The van der Waals surface area contributed by atoms with Crippen LogP contribution in [0.1, 0.15) is 37.2 Å². The van der Waals surface area contributed by atoms with E-state index in [9.17, 15) is 9.59 Å². The second kappa shape index (κ2) is 6.82. The maximum absolute atomic E-state index is 13.3. The summed E-state index contributed by atoms with van der Waals surface area (Å²) < 4.78 is 0.